The smallest absolute Gasteiger partial charge is 0.347 e. The summed E-state index contributed by atoms with van der Waals surface area (Å²) >= 11 is 0. The number of rotatable bonds is 7. The SMILES string of the molecule is CO[SiH](OC)C(CCC(C)C)N=C=O. The second-order valence-corrected chi connectivity index (χ2v) is 6.05. The predicted octanol–water partition coefficient (Wildman–Crippen LogP) is 1.18. The topological polar surface area (TPSA) is 47.9 Å². The second-order valence-electron chi connectivity index (χ2n) is 3.60. The Balaban J connectivity index is 4.19. The highest BCUT2D eigenvalue weighted by atomic mass is 28.3. The minimum Gasteiger partial charge on any atom is -0.399 e. The summed E-state index contributed by atoms with van der Waals surface area (Å²) in [6.45, 7) is 4.27. The molecule has 4 nitrogen and oxygen atoms in total. The van der Waals surface area contributed by atoms with E-state index in [4.69, 9.17) is 8.85 Å². The Labute approximate surface area is 87.2 Å². The van der Waals surface area contributed by atoms with Gasteiger partial charge in [0.2, 0.25) is 6.08 Å². The van der Waals surface area contributed by atoms with Gasteiger partial charge in [-0.1, -0.05) is 13.8 Å². The van der Waals surface area contributed by atoms with Gasteiger partial charge in [-0.2, -0.15) is 0 Å². The summed E-state index contributed by atoms with van der Waals surface area (Å²) < 4.78 is 10.4. The fourth-order valence-electron chi connectivity index (χ4n) is 1.24. The zero-order valence-corrected chi connectivity index (χ0v) is 10.5. The average Bonchev–Trinajstić information content (AvgIpc) is 2.15. The van der Waals surface area contributed by atoms with Gasteiger partial charge in [-0.05, 0) is 18.8 Å². The molecule has 0 radical (unpaired) electrons. The summed E-state index contributed by atoms with van der Waals surface area (Å²) in [6.07, 6.45) is 3.45. The van der Waals surface area contributed by atoms with Crippen LogP contribution in [0.3, 0.4) is 0 Å². The largest absolute Gasteiger partial charge is 0.399 e. The summed E-state index contributed by atoms with van der Waals surface area (Å²) in [4.78, 5) is 14.0. The molecule has 14 heavy (non-hydrogen) atoms. The molecule has 0 aromatic carbocycles. The van der Waals surface area contributed by atoms with Crippen molar-refractivity contribution in [3.05, 3.63) is 0 Å². The van der Waals surface area contributed by atoms with E-state index in [1.165, 1.54) is 0 Å². The summed E-state index contributed by atoms with van der Waals surface area (Å²) in [5.74, 6) is 0.600. The highest BCUT2D eigenvalue weighted by Crippen LogP contribution is 2.12. The molecule has 82 valence electrons. The van der Waals surface area contributed by atoms with Crippen LogP contribution < -0.4 is 0 Å². The molecule has 0 N–H and O–H groups in total. The van der Waals surface area contributed by atoms with Crippen molar-refractivity contribution in [3.63, 3.8) is 0 Å². The molecule has 1 atom stereocenters. The van der Waals surface area contributed by atoms with Gasteiger partial charge in [-0.25, -0.2) is 9.79 Å². The van der Waals surface area contributed by atoms with Crippen LogP contribution in [0.15, 0.2) is 4.99 Å². The fourth-order valence-corrected chi connectivity index (χ4v) is 2.71. The zero-order valence-electron chi connectivity index (χ0n) is 9.32. The maximum atomic E-state index is 10.2. The third-order valence-corrected chi connectivity index (χ3v) is 4.08. The van der Waals surface area contributed by atoms with Crippen molar-refractivity contribution in [2.24, 2.45) is 10.9 Å². The molecule has 0 aromatic heterocycles. The minimum atomic E-state index is -1.81. The lowest BCUT2D eigenvalue weighted by Crippen LogP contribution is -2.34. The van der Waals surface area contributed by atoms with E-state index >= 15 is 0 Å². The first kappa shape index (κ1) is 13.5. The third kappa shape index (κ3) is 5.29. The third-order valence-electron chi connectivity index (χ3n) is 2.04. The van der Waals surface area contributed by atoms with Crippen molar-refractivity contribution in [2.75, 3.05) is 14.2 Å². The Morgan fingerprint density at radius 3 is 2.21 bits per heavy atom. The van der Waals surface area contributed by atoms with E-state index in [1.54, 1.807) is 20.3 Å². The molecule has 5 heteroatoms. The summed E-state index contributed by atoms with van der Waals surface area (Å²) in [6, 6.07) is 0. The first-order chi connectivity index (χ1) is 6.65. The van der Waals surface area contributed by atoms with Gasteiger partial charge < -0.3 is 8.85 Å². The lowest BCUT2D eigenvalue weighted by molar-refractivity contribution is 0.263. The molecular weight excluding hydrogens is 198 g/mol. The monoisotopic (exact) mass is 217 g/mol. The van der Waals surface area contributed by atoms with Crippen LogP contribution in [0, 0.1) is 5.92 Å². The molecule has 0 aliphatic heterocycles. The van der Waals surface area contributed by atoms with Crippen molar-refractivity contribution in [2.45, 2.75) is 32.4 Å². The molecular formula is C9H19NO3Si. The van der Waals surface area contributed by atoms with E-state index in [0.29, 0.717) is 5.92 Å². The molecule has 0 aliphatic rings. The van der Waals surface area contributed by atoms with E-state index in [2.05, 4.69) is 18.8 Å². The Morgan fingerprint density at radius 1 is 1.29 bits per heavy atom. The van der Waals surface area contributed by atoms with Crippen molar-refractivity contribution >= 4 is 15.4 Å². The Bertz CT molecular complexity index is 188. The van der Waals surface area contributed by atoms with Crippen LogP contribution in [-0.4, -0.2) is 35.2 Å². The Kier molecular flexibility index (Phi) is 7.61. The molecule has 0 saturated heterocycles. The summed E-state index contributed by atoms with van der Waals surface area (Å²) in [7, 11) is 1.39. The molecule has 0 bridgehead atoms. The molecule has 0 spiro atoms. The van der Waals surface area contributed by atoms with Crippen molar-refractivity contribution in [1.29, 1.82) is 0 Å². The lowest BCUT2D eigenvalue weighted by atomic mass is 10.1. The second kappa shape index (κ2) is 7.88. The van der Waals surface area contributed by atoms with Gasteiger partial charge in [0.15, 0.2) is 0 Å². The maximum absolute atomic E-state index is 10.2. The maximum Gasteiger partial charge on any atom is 0.347 e. The number of aliphatic imine (C=N–C) groups is 1. The minimum absolute atomic E-state index is 0.107. The Morgan fingerprint density at radius 2 is 1.86 bits per heavy atom. The molecule has 1 unspecified atom stereocenters. The van der Waals surface area contributed by atoms with Gasteiger partial charge >= 0.3 is 9.28 Å². The van der Waals surface area contributed by atoms with Gasteiger partial charge in [0.1, 0.15) is 5.67 Å². The molecule has 0 aromatic rings. The van der Waals surface area contributed by atoms with Gasteiger partial charge in [0.05, 0.1) is 0 Å². The number of nitrogens with zero attached hydrogens (tertiary/aromatic N) is 1. The highest BCUT2D eigenvalue weighted by Gasteiger charge is 2.23. The number of carbonyl (C=O) groups excluding carboxylic acids is 1. The van der Waals surface area contributed by atoms with Crippen LogP contribution in [0.25, 0.3) is 0 Å². The lowest BCUT2D eigenvalue weighted by Gasteiger charge is -2.18. The van der Waals surface area contributed by atoms with Crippen LogP contribution in [0.2, 0.25) is 0 Å². The van der Waals surface area contributed by atoms with Crippen molar-refractivity contribution in [3.8, 4) is 0 Å². The highest BCUT2D eigenvalue weighted by molar-refractivity contribution is 6.46. The van der Waals surface area contributed by atoms with Crippen LogP contribution in [0.5, 0.6) is 0 Å². The molecule has 0 rings (SSSR count). The van der Waals surface area contributed by atoms with Crippen LogP contribution in [-0.2, 0) is 13.6 Å². The van der Waals surface area contributed by atoms with Gasteiger partial charge in [0, 0.05) is 14.2 Å². The van der Waals surface area contributed by atoms with Gasteiger partial charge in [0.25, 0.3) is 0 Å². The molecule has 0 heterocycles. The van der Waals surface area contributed by atoms with E-state index in [9.17, 15) is 4.79 Å². The van der Waals surface area contributed by atoms with Crippen molar-refractivity contribution in [1.82, 2.24) is 0 Å². The van der Waals surface area contributed by atoms with Crippen LogP contribution in [0.1, 0.15) is 26.7 Å². The number of hydrogen-bond donors (Lipinski definition) is 0. The van der Waals surface area contributed by atoms with E-state index in [0.717, 1.165) is 12.8 Å². The molecule has 0 aliphatic carbocycles. The van der Waals surface area contributed by atoms with Crippen LogP contribution >= 0.6 is 0 Å². The quantitative estimate of drug-likeness (QED) is 0.365. The number of hydrogen-bond acceptors (Lipinski definition) is 4. The zero-order chi connectivity index (χ0) is 11.0. The molecule has 0 fully saturated rings. The van der Waals surface area contributed by atoms with Gasteiger partial charge in [-0.3, -0.25) is 0 Å². The van der Waals surface area contributed by atoms with E-state index in [-0.39, 0.29) is 5.67 Å². The normalized spacial score (nSPS) is 13.0. The molecule has 0 amide bonds. The van der Waals surface area contributed by atoms with E-state index < -0.39 is 9.28 Å². The first-order valence-electron chi connectivity index (χ1n) is 4.78. The summed E-state index contributed by atoms with van der Waals surface area (Å²) in [5.41, 5.74) is -0.107. The van der Waals surface area contributed by atoms with Gasteiger partial charge in [-0.15, -0.1) is 0 Å². The van der Waals surface area contributed by atoms with Crippen molar-refractivity contribution < 1.29 is 13.6 Å². The average molecular weight is 217 g/mol. The predicted molar refractivity (Wildman–Crippen MR) is 57.1 cm³/mol. The number of isocyanates is 1. The molecule has 0 saturated carbocycles. The standard InChI is InChI=1S/C9H19NO3Si/c1-8(2)5-6-9(10-7-11)14(12-3)13-4/h8-9,14H,5-6H2,1-4H3. The van der Waals surface area contributed by atoms with Crippen LogP contribution in [0.4, 0.5) is 0 Å². The Hall–Kier alpha value is -0.483. The first-order valence-corrected chi connectivity index (χ1v) is 6.39. The fraction of sp³-hybridized carbons (Fsp3) is 0.889. The van der Waals surface area contributed by atoms with E-state index in [1.807, 2.05) is 0 Å². The summed E-state index contributed by atoms with van der Waals surface area (Å²) in [5, 5.41) is 0.